The van der Waals surface area contributed by atoms with Gasteiger partial charge in [-0.2, -0.15) is 0 Å². The van der Waals surface area contributed by atoms with Gasteiger partial charge in [0, 0.05) is 10.9 Å². The summed E-state index contributed by atoms with van der Waals surface area (Å²) in [6, 6.07) is 7.42. The van der Waals surface area contributed by atoms with E-state index >= 15 is 0 Å². The van der Waals surface area contributed by atoms with E-state index in [0.29, 0.717) is 5.75 Å². The molecule has 18 heavy (non-hydrogen) atoms. The molecule has 0 saturated heterocycles. The topological polar surface area (TPSA) is 52.1 Å². The van der Waals surface area contributed by atoms with Gasteiger partial charge < -0.3 is 4.74 Å². The Morgan fingerprint density at radius 2 is 1.94 bits per heavy atom. The zero-order chi connectivity index (χ0) is 13.4. The summed E-state index contributed by atoms with van der Waals surface area (Å²) in [7, 11) is 0. The molecule has 1 aromatic carbocycles. The second-order valence-electron chi connectivity index (χ2n) is 3.31. The monoisotopic (exact) mass is 264 g/mol. The molecule has 2 aromatic rings. The molecule has 0 aliphatic carbocycles. The summed E-state index contributed by atoms with van der Waals surface area (Å²) in [5.41, 5.74) is 1.84. The minimum atomic E-state index is 0.00720. The van der Waals surface area contributed by atoms with Crippen molar-refractivity contribution in [3.63, 3.8) is 0 Å². The van der Waals surface area contributed by atoms with Crippen molar-refractivity contribution in [2.24, 2.45) is 0 Å². The summed E-state index contributed by atoms with van der Waals surface area (Å²) in [6.45, 7) is 5.60. The van der Waals surface area contributed by atoms with Crippen LogP contribution < -0.4 is 4.74 Å². The molecule has 2 rings (SSSR count). The summed E-state index contributed by atoms with van der Waals surface area (Å²) < 4.78 is 9.05. The molecule has 1 aromatic heterocycles. The first kappa shape index (κ1) is 14.3. The van der Waals surface area contributed by atoms with Crippen molar-refractivity contribution < 1.29 is 9.53 Å². The van der Waals surface area contributed by atoms with Crippen LogP contribution in [0.1, 0.15) is 20.8 Å². The van der Waals surface area contributed by atoms with E-state index in [4.69, 9.17) is 4.74 Å². The molecule has 0 N–H and O–H groups in total. The predicted octanol–water partition coefficient (Wildman–Crippen LogP) is 3.20. The van der Waals surface area contributed by atoms with Gasteiger partial charge in [-0.05, 0) is 42.7 Å². The van der Waals surface area contributed by atoms with Crippen molar-refractivity contribution in [2.45, 2.75) is 20.8 Å². The zero-order valence-corrected chi connectivity index (χ0v) is 11.5. The lowest BCUT2D eigenvalue weighted by Gasteiger charge is -2.03. The Bertz CT molecular complexity index is 466. The van der Waals surface area contributed by atoms with Crippen LogP contribution in [-0.2, 0) is 4.79 Å². The van der Waals surface area contributed by atoms with Gasteiger partial charge in [0.15, 0.2) is 5.78 Å². The number of rotatable bonds is 4. The van der Waals surface area contributed by atoms with E-state index in [-0.39, 0.29) is 12.4 Å². The molecule has 5 heteroatoms. The van der Waals surface area contributed by atoms with E-state index in [1.165, 1.54) is 18.5 Å². The number of carbonyl (C=O) groups excluding carboxylic acids is 1. The minimum Gasteiger partial charge on any atom is -0.486 e. The third-order valence-electron chi connectivity index (χ3n) is 1.95. The Balaban J connectivity index is 0.000000771. The largest absolute Gasteiger partial charge is 0.486 e. The van der Waals surface area contributed by atoms with Crippen molar-refractivity contribution in [3.8, 4) is 17.0 Å². The van der Waals surface area contributed by atoms with Crippen LogP contribution in [0.25, 0.3) is 11.3 Å². The lowest BCUT2D eigenvalue weighted by Crippen LogP contribution is -2.06. The van der Waals surface area contributed by atoms with Crippen molar-refractivity contribution in [1.29, 1.82) is 0 Å². The van der Waals surface area contributed by atoms with E-state index in [0.717, 1.165) is 11.3 Å². The minimum absolute atomic E-state index is 0.00720. The Hall–Kier alpha value is -1.75. The summed E-state index contributed by atoms with van der Waals surface area (Å²) in [5, 5.41) is 5.84. The number of ether oxygens (including phenoxy) is 1. The fourth-order valence-electron chi connectivity index (χ4n) is 1.20. The number of nitrogens with zero attached hydrogens (tertiary/aromatic N) is 2. The number of aromatic nitrogens is 2. The number of carbonyl (C=O) groups is 1. The van der Waals surface area contributed by atoms with E-state index in [2.05, 4.69) is 9.59 Å². The Labute approximate surface area is 111 Å². The maximum Gasteiger partial charge on any atom is 0.167 e. The maximum atomic E-state index is 10.7. The van der Waals surface area contributed by atoms with Crippen LogP contribution in [0.5, 0.6) is 5.75 Å². The highest BCUT2D eigenvalue weighted by Crippen LogP contribution is 2.21. The van der Waals surface area contributed by atoms with Gasteiger partial charge in [0.1, 0.15) is 18.1 Å². The van der Waals surface area contributed by atoms with E-state index in [9.17, 15) is 4.79 Å². The third-order valence-corrected chi connectivity index (χ3v) is 2.46. The first-order valence-electron chi connectivity index (χ1n) is 5.75. The predicted molar refractivity (Wildman–Crippen MR) is 72.9 cm³/mol. The van der Waals surface area contributed by atoms with Gasteiger partial charge in [-0.25, -0.2) is 0 Å². The van der Waals surface area contributed by atoms with Crippen LogP contribution >= 0.6 is 11.5 Å². The van der Waals surface area contributed by atoms with Crippen LogP contribution in [0.15, 0.2) is 29.6 Å². The Morgan fingerprint density at radius 1 is 1.28 bits per heavy atom. The summed E-state index contributed by atoms with van der Waals surface area (Å²) in [5.74, 6) is 0.690. The molecule has 0 spiro atoms. The molecule has 0 unspecified atom stereocenters. The highest BCUT2D eigenvalue weighted by atomic mass is 32.1. The summed E-state index contributed by atoms with van der Waals surface area (Å²) in [6.07, 6.45) is 0. The summed E-state index contributed by atoms with van der Waals surface area (Å²) in [4.78, 5) is 10.7. The van der Waals surface area contributed by atoms with Crippen molar-refractivity contribution in [1.82, 2.24) is 9.59 Å². The molecular weight excluding hydrogens is 248 g/mol. The first-order valence-corrected chi connectivity index (χ1v) is 6.59. The van der Waals surface area contributed by atoms with Gasteiger partial charge in [0.25, 0.3) is 0 Å². The lowest BCUT2D eigenvalue weighted by atomic mass is 10.2. The average molecular weight is 264 g/mol. The van der Waals surface area contributed by atoms with Crippen LogP contribution in [0.4, 0.5) is 0 Å². The number of Topliss-reactive ketones (excluding diaryl/α,β-unsaturated/α-hetero) is 1. The second-order valence-corrected chi connectivity index (χ2v) is 3.92. The first-order chi connectivity index (χ1) is 8.75. The molecule has 0 bridgehead atoms. The number of hydrogen-bond acceptors (Lipinski definition) is 5. The molecule has 0 fully saturated rings. The quantitative estimate of drug-likeness (QED) is 0.851. The van der Waals surface area contributed by atoms with Crippen LogP contribution in [0.2, 0.25) is 0 Å². The standard InChI is InChI=1S/C11H10N2O2S.C2H6/c1-8(14)6-15-10-4-2-9(3-5-10)11-7-16-13-12-11;1-2/h2-5,7H,6H2,1H3;1-2H3. The normalized spacial score (nSPS) is 9.28. The molecule has 0 amide bonds. The zero-order valence-electron chi connectivity index (χ0n) is 10.7. The number of benzene rings is 1. The SMILES string of the molecule is CC.CC(=O)COc1ccc(-c2csnn2)cc1. The highest BCUT2D eigenvalue weighted by Gasteiger charge is 2.01. The van der Waals surface area contributed by atoms with Gasteiger partial charge >= 0.3 is 0 Å². The maximum absolute atomic E-state index is 10.7. The van der Waals surface area contributed by atoms with Crippen molar-refractivity contribution in [3.05, 3.63) is 29.6 Å². The van der Waals surface area contributed by atoms with Crippen LogP contribution in [-0.4, -0.2) is 22.0 Å². The number of hydrogen-bond donors (Lipinski definition) is 0. The van der Waals surface area contributed by atoms with Crippen LogP contribution in [0, 0.1) is 0 Å². The molecule has 1 heterocycles. The molecule has 4 nitrogen and oxygen atoms in total. The Kier molecular flexibility index (Phi) is 6.00. The molecule has 0 aliphatic rings. The molecule has 0 saturated carbocycles. The molecular formula is C13H16N2O2S. The molecule has 0 aliphatic heterocycles. The highest BCUT2D eigenvalue weighted by molar-refractivity contribution is 7.03. The van der Waals surface area contributed by atoms with Gasteiger partial charge in [-0.3, -0.25) is 4.79 Å². The van der Waals surface area contributed by atoms with Gasteiger partial charge in [0.05, 0.1) is 0 Å². The lowest BCUT2D eigenvalue weighted by molar-refractivity contribution is -0.118. The van der Waals surface area contributed by atoms with Gasteiger partial charge in [0.2, 0.25) is 0 Å². The second kappa shape index (κ2) is 7.55. The molecule has 0 atom stereocenters. The Morgan fingerprint density at radius 3 is 2.44 bits per heavy atom. The van der Waals surface area contributed by atoms with Gasteiger partial charge in [-0.15, -0.1) is 5.10 Å². The van der Waals surface area contributed by atoms with E-state index in [1.807, 2.05) is 43.5 Å². The average Bonchev–Trinajstić information content (AvgIpc) is 2.93. The van der Waals surface area contributed by atoms with E-state index < -0.39 is 0 Å². The van der Waals surface area contributed by atoms with E-state index in [1.54, 1.807) is 0 Å². The number of ketones is 1. The fraction of sp³-hybridized carbons (Fsp3) is 0.308. The smallest absolute Gasteiger partial charge is 0.167 e. The summed E-state index contributed by atoms with van der Waals surface area (Å²) >= 11 is 1.32. The van der Waals surface area contributed by atoms with Crippen molar-refractivity contribution in [2.75, 3.05) is 6.61 Å². The van der Waals surface area contributed by atoms with Crippen molar-refractivity contribution >= 4 is 17.3 Å². The third kappa shape index (κ3) is 4.25. The van der Waals surface area contributed by atoms with Gasteiger partial charge in [-0.1, -0.05) is 18.3 Å². The van der Waals surface area contributed by atoms with Crippen LogP contribution in [0.3, 0.4) is 0 Å². The molecule has 96 valence electrons. The molecule has 0 radical (unpaired) electrons. The fourth-order valence-corrected chi connectivity index (χ4v) is 1.66.